The molecule has 1 aromatic heterocycles. The Hall–Kier alpha value is -1.71. The normalized spacial score (nSPS) is 17.3. The lowest BCUT2D eigenvalue weighted by Gasteiger charge is -2.21. The van der Waals surface area contributed by atoms with Crippen LogP contribution in [0.4, 0.5) is 0 Å². The van der Waals surface area contributed by atoms with Crippen molar-refractivity contribution in [1.29, 1.82) is 0 Å². The highest BCUT2D eigenvalue weighted by atomic mass is 35.5. The minimum absolute atomic E-state index is 0.108. The van der Waals surface area contributed by atoms with Gasteiger partial charge < -0.3 is 5.73 Å². The number of ketones is 1. The second kappa shape index (κ2) is 5.96. The van der Waals surface area contributed by atoms with Gasteiger partial charge in [-0.25, -0.2) is 4.98 Å². The minimum atomic E-state index is 0.108. The van der Waals surface area contributed by atoms with E-state index in [0.717, 1.165) is 30.4 Å². The molecule has 0 spiro atoms. The topological polar surface area (TPSA) is 56.0 Å². The first-order valence-electron chi connectivity index (χ1n) is 7.13. The first-order valence-corrected chi connectivity index (χ1v) is 7.50. The SMILES string of the molecule is NC1CCc2cc(C(=O)Cc3ccc(Cl)nc3)ccc2C1. The largest absolute Gasteiger partial charge is 0.327 e. The summed E-state index contributed by atoms with van der Waals surface area (Å²) in [5, 5.41) is 0.441. The molecular formula is C17H17ClN2O. The van der Waals surface area contributed by atoms with Crippen LogP contribution in [-0.2, 0) is 19.3 Å². The van der Waals surface area contributed by atoms with Crippen molar-refractivity contribution < 1.29 is 4.79 Å². The quantitative estimate of drug-likeness (QED) is 0.700. The summed E-state index contributed by atoms with van der Waals surface area (Å²) in [4.78, 5) is 16.4. The Labute approximate surface area is 129 Å². The van der Waals surface area contributed by atoms with Gasteiger partial charge in [0.25, 0.3) is 0 Å². The number of pyridine rings is 1. The Kier molecular flexibility index (Phi) is 4.04. The Bertz CT molecular complexity index is 667. The van der Waals surface area contributed by atoms with Gasteiger partial charge in [-0.3, -0.25) is 4.79 Å². The third-order valence-corrected chi connectivity index (χ3v) is 4.17. The van der Waals surface area contributed by atoms with Crippen LogP contribution in [0.2, 0.25) is 5.15 Å². The van der Waals surface area contributed by atoms with Crippen LogP contribution in [-0.4, -0.2) is 16.8 Å². The maximum Gasteiger partial charge on any atom is 0.167 e. The number of Topliss-reactive ketones (excluding diaryl/α,β-unsaturated/α-hetero) is 1. The molecule has 1 aliphatic carbocycles. The summed E-state index contributed by atoms with van der Waals surface area (Å²) in [5.74, 6) is 0.108. The lowest BCUT2D eigenvalue weighted by atomic mass is 9.87. The van der Waals surface area contributed by atoms with E-state index in [1.54, 1.807) is 12.3 Å². The summed E-state index contributed by atoms with van der Waals surface area (Å²) >= 11 is 5.75. The second-order valence-electron chi connectivity index (χ2n) is 5.58. The molecule has 3 rings (SSSR count). The van der Waals surface area contributed by atoms with Crippen LogP contribution in [0.5, 0.6) is 0 Å². The molecule has 1 aromatic carbocycles. The number of nitrogens with zero attached hydrogens (tertiary/aromatic N) is 1. The van der Waals surface area contributed by atoms with E-state index < -0.39 is 0 Å². The molecule has 1 unspecified atom stereocenters. The number of rotatable bonds is 3. The number of fused-ring (bicyclic) bond motifs is 1. The molecule has 4 heteroatoms. The van der Waals surface area contributed by atoms with Crippen LogP contribution in [0.3, 0.4) is 0 Å². The first-order chi connectivity index (χ1) is 10.1. The molecule has 21 heavy (non-hydrogen) atoms. The van der Waals surface area contributed by atoms with Crippen molar-refractivity contribution >= 4 is 17.4 Å². The summed E-state index contributed by atoms with van der Waals surface area (Å²) in [5.41, 5.74) is 10.2. The van der Waals surface area contributed by atoms with Gasteiger partial charge in [-0.2, -0.15) is 0 Å². The summed E-state index contributed by atoms with van der Waals surface area (Å²) in [7, 11) is 0. The third-order valence-electron chi connectivity index (χ3n) is 3.95. The van der Waals surface area contributed by atoms with Crippen molar-refractivity contribution in [2.24, 2.45) is 5.73 Å². The van der Waals surface area contributed by atoms with Gasteiger partial charge in [0.15, 0.2) is 5.78 Å². The average molecular weight is 301 g/mol. The molecule has 2 aromatic rings. The smallest absolute Gasteiger partial charge is 0.167 e. The molecule has 0 amide bonds. The van der Waals surface area contributed by atoms with Crippen LogP contribution < -0.4 is 5.73 Å². The van der Waals surface area contributed by atoms with Gasteiger partial charge >= 0.3 is 0 Å². The van der Waals surface area contributed by atoms with Gasteiger partial charge in [-0.15, -0.1) is 0 Å². The Morgan fingerprint density at radius 1 is 1.29 bits per heavy atom. The zero-order chi connectivity index (χ0) is 14.8. The van der Waals surface area contributed by atoms with Gasteiger partial charge in [-0.1, -0.05) is 29.8 Å². The fourth-order valence-corrected chi connectivity index (χ4v) is 2.87. The third kappa shape index (κ3) is 3.31. The van der Waals surface area contributed by atoms with Gasteiger partial charge in [0, 0.05) is 24.2 Å². The molecule has 2 N–H and O–H groups in total. The molecular weight excluding hydrogens is 284 g/mol. The summed E-state index contributed by atoms with van der Waals surface area (Å²) in [6.07, 6.45) is 4.86. The number of carbonyl (C=O) groups is 1. The minimum Gasteiger partial charge on any atom is -0.327 e. The van der Waals surface area contributed by atoms with Crippen molar-refractivity contribution in [3.8, 4) is 0 Å². The van der Waals surface area contributed by atoms with E-state index in [9.17, 15) is 4.79 Å². The molecule has 0 bridgehead atoms. The van der Waals surface area contributed by atoms with Gasteiger partial charge in [-0.05, 0) is 48.1 Å². The number of hydrogen-bond acceptors (Lipinski definition) is 3. The molecule has 3 nitrogen and oxygen atoms in total. The van der Waals surface area contributed by atoms with Gasteiger partial charge in [0.1, 0.15) is 5.15 Å². The molecule has 1 aliphatic rings. The maximum atomic E-state index is 12.4. The standard InChI is InChI=1S/C17H17ClN2O/c18-17-6-1-11(10-20-17)7-16(21)14-3-2-13-9-15(19)5-4-12(13)8-14/h1-3,6,8,10,15H,4-5,7,9,19H2. The van der Waals surface area contributed by atoms with Crippen molar-refractivity contribution in [2.75, 3.05) is 0 Å². The van der Waals surface area contributed by atoms with E-state index in [4.69, 9.17) is 17.3 Å². The Morgan fingerprint density at radius 2 is 2.14 bits per heavy atom. The molecule has 0 saturated carbocycles. The molecule has 1 atom stereocenters. The fourth-order valence-electron chi connectivity index (χ4n) is 2.76. The van der Waals surface area contributed by atoms with Crippen molar-refractivity contribution in [3.63, 3.8) is 0 Å². The summed E-state index contributed by atoms with van der Waals surface area (Å²) in [6, 6.07) is 9.76. The van der Waals surface area contributed by atoms with E-state index >= 15 is 0 Å². The van der Waals surface area contributed by atoms with Crippen LogP contribution in [0.15, 0.2) is 36.5 Å². The zero-order valence-electron chi connectivity index (χ0n) is 11.7. The van der Waals surface area contributed by atoms with Crippen LogP contribution in [0.1, 0.15) is 33.5 Å². The van der Waals surface area contributed by atoms with Crippen molar-refractivity contribution in [2.45, 2.75) is 31.7 Å². The molecule has 1 heterocycles. The fraction of sp³-hybridized carbons (Fsp3) is 0.294. The van der Waals surface area contributed by atoms with Crippen LogP contribution in [0.25, 0.3) is 0 Å². The molecule has 0 saturated heterocycles. The molecule has 108 valence electrons. The zero-order valence-corrected chi connectivity index (χ0v) is 12.4. The summed E-state index contributed by atoms with van der Waals surface area (Å²) < 4.78 is 0. The number of nitrogens with two attached hydrogens (primary N) is 1. The Morgan fingerprint density at radius 3 is 2.90 bits per heavy atom. The molecule has 0 aliphatic heterocycles. The number of carbonyl (C=O) groups excluding carboxylic acids is 1. The van der Waals surface area contributed by atoms with E-state index in [1.165, 1.54) is 11.1 Å². The number of benzene rings is 1. The number of halogens is 1. The second-order valence-corrected chi connectivity index (χ2v) is 5.96. The lowest BCUT2D eigenvalue weighted by molar-refractivity contribution is 0.0992. The predicted octanol–water partition coefficient (Wildman–Crippen LogP) is 2.98. The lowest BCUT2D eigenvalue weighted by Crippen LogP contribution is -2.28. The predicted molar refractivity (Wildman–Crippen MR) is 83.7 cm³/mol. The van der Waals surface area contributed by atoms with Gasteiger partial charge in [0.2, 0.25) is 0 Å². The first kappa shape index (κ1) is 14.2. The van der Waals surface area contributed by atoms with E-state index in [1.807, 2.05) is 24.3 Å². The number of aryl methyl sites for hydroxylation is 1. The number of hydrogen-bond donors (Lipinski definition) is 1. The highest BCUT2D eigenvalue weighted by Gasteiger charge is 2.17. The molecule has 0 radical (unpaired) electrons. The monoisotopic (exact) mass is 300 g/mol. The van der Waals surface area contributed by atoms with Crippen LogP contribution in [0, 0.1) is 0 Å². The summed E-state index contributed by atoms with van der Waals surface area (Å²) in [6.45, 7) is 0. The maximum absolute atomic E-state index is 12.4. The number of aromatic nitrogens is 1. The van der Waals surface area contributed by atoms with E-state index in [0.29, 0.717) is 11.6 Å². The van der Waals surface area contributed by atoms with Gasteiger partial charge in [0.05, 0.1) is 0 Å². The highest BCUT2D eigenvalue weighted by molar-refractivity contribution is 6.29. The Balaban J connectivity index is 1.77. The van der Waals surface area contributed by atoms with Crippen molar-refractivity contribution in [3.05, 3.63) is 63.9 Å². The van der Waals surface area contributed by atoms with E-state index in [-0.39, 0.29) is 11.8 Å². The van der Waals surface area contributed by atoms with Crippen molar-refractivity contribution in [1.82, 2.24) is 4.98 Å². The molecule has 0 fully saturated rings. The average Bonchev–Trinajstić information content (AvgIpc) is 2.49. The van der Waals surface area contributed by atoms with E-state index in [2.05, 4.69) is 4.98 Å². The highest BCUT2D eigenvalue weighted by Crippen LogP contribution is 2.22. The van der Waals surface area contributed by atoms with Crippen LogP contribution >= 0.6 is 11.6 Å².